The van der Waals surface area contributed by atoms with Gasteiger partial charge >= 0.3 is 0 Å². The molecular formula is C10H21NO2S. The highest BCUT2D eigenvalue weighted by molar-refractivity contribution is 7.92. The summed E-state index contributed by atoms with van der Waals surface area (Å²) in [6.45, 7) is 5.91. The van der Waals surface area contributed by atoms with Gasteiger partial charge in [-0.05, 0) is 25.3 Å². The summed E-state index contributed by atoms with van der Waals surface area (Å²) in [7, 11) is -2.75. The second kappa shape index (κ2) is 5.12. The monoisotopic (exact) mass is 219 g/mol. The Hall–Kier alpha value is -0.0900. The fraction of sp³-hybridized carbons (Fsp3) is 1.00. The SMILES string of the molecule is CCC(C)CNCC1CCCS1(=O)=O. The number of nitrogens with one attached hydrogen (secondary N) is 1. The van der Waals surface area contributed by atoms with Gasteiger partial charge in [-0.25, -0.2) is 8.42 Å². The van der Waals surface area contributed by atoms with Crippen molar-refractivity contribution in [2.24, 2.45) is 5.92 Å². The van der Waals surface area contributed by atoms with E-state index in [4.69, 9.17) is 0 Å². The van der Waals surface area contributed by atoms with Crippen molar-refractivity contribution in [3.63, 3.8) is 0 Å². The standard InChI is InChI=1S/C10H21NO2S/c1-3-9(2)7-11-8-10-5-4-6-14(10,12)13/h9-11H,3-8H2,1-2H3. The summed E-state index contributed by atoms with van der Waals surface area (Å²) in [6.07, 6.45) is 2.83. The molecule has 0 spiro atoms. The lowest BCUT2D eigenvalue weighted by molar-refractivity contribution is 0.491. The van der Waals surface area contributed by atoms with Crippen molar-refractivity contribution in [2.75, 3.05) is 18.8 Å². The first-order chi connectivity index (χ1) is 6.56. The summed E-state index contributed by atoms with van der Waals surface area (Å²) in [5, 5.41) is 3.14. The van der Waals surface area contributed by atoms with Crippen LogP contribution in [0.4, 0.5) is 0 Å². The number of sulfone groups is 1. The van der Waals surface area contributed by atoms with Gasteiger partial charge in [0.2, 0.25) is 0 Å². The van der Waals surface area contributed by atoms with E-state index in [0.717, 1.165) is 25.8 Å². The summed E-state index contributed by atoms with van der Waals surface area (Å²) < 4.78 is 22.9. The largest absolute Gasteiger partial charge is 0.315 e. The summed E-state index contributed by atoms with van der Waals surface area (Å²) in [6, 6.07) is 0. The summed E-state index contributed by atoms with van der Waals surface area (Å²) >= 11 is 0. The third kappa shape index (κ3) is 3.24. The van der Waals surface area contributed by atoms with Crippen LogP contribution in [0, 0.1) is 5.92 Å². The molecule has 2 atom stereocenters. The van der Waals surface area contributed by atoms with Crippen molar-refractivity contribution >= 4 is 9.84 Å². The minimum absolute atomic E-state index is 0.119. The van der Waals surface area contributed by atoms with Crippen molar-refractivity contribution < 1.29 is 8.42 Å². The van der Waals surface area contributed by atoms with Gasteiger partial charge in [0, 0.05) is 6.54 Å². The van der Waals surface area contributed by atoms with Crippen LogP contribution in [0.5, 0.6) is 0 Å². The summed E-state index contributed by atoms with van der Waals surface area (Å²) in [4.78, 5) is 0. The smallest absolute Gasteiger partial charge is 0.154 e. The lowest BCUT2D eigenvalue weighted by atomic mass is 10.1. The Morgan fingerprint density at radius 1 is 1.50 bits per heavy atom. The van der Waals surface area contributed by atoms with Crippen LogP contribution >= 0.6 is 0 Å². The molecule has 14 heavy (non-hydrogen) atoms. The fourth-order valence-corrected chi connectivity index (χ4v) is 3.52. The first-order valence-corrected chi connectivity index (χ1v) is 7.20. The zero-order valence-corrected chi connectivity index (χ0v) is 9.94. The average Bonchev–Trinajstić information content (AvgIpc) is 2.45. The topological polar surface area (TPSA) is 46.2 Å². The predicted molar refractivity (Wildman–Crippen MR) is 59.1 cm³/mol. The lowest BCUT2D eigenvalue weighted by Gasteiger charge is -2.13. The van der Waals surface area contributed by atoms with Crippen LogP contribution in [0.15, 0.2) is 0 Å². The molecule has 1 heterocycles. The van der Waals surface area contributed by atoms with Crippen LogP contribution in [-0.4, -0.2) is 32.5 Å². The summed E-state index contributed by atoms with van der Waals surface area (Å²) in [5.41, 5.74) is 0. The van der Waals surface area contributed by atoms with Crippen LogP contribution in [0.2, 0.25) is 0 Å². The molecule has 1 aliphatic heterocycles. The molecule has 0 saturated carbocycles. The second-order valence-corrected chi connectivity index (χ2v) is 6.70. The zero-order chi connectivity index (χ0) is 10.6. The Bertz CT molecular complexity index is 261. The van der Waals surface area contributed by atoms with E-state index < -0.39 is 9.84 Å². The van der Waals surface area contributed by atoms with Crippen molar-refractivity contribution in [3.8, 4) is 0 Å². The van der Waals surface area contributed by atoms with Gasteiger partial charge < -0.3 is 5.32 Å². The van der Waals surface area contributed by atoms with Crippen LogP contribution in [-0.2, 0) is 9.84 Å². The third-order valence-electron chi connectivity index (χ3n) is 3.02. The van der Waals surface area contributed by atoms with E-state index in [1.165, 1.54) is 0 Å². The van der Waals surface area contributed by atoms with Crippen molar-refractivity contribution in [2.45, 2.75) is 38.4 Å². The van der Waals surface area contributed by atoms with Crippen molar-refractivity contribution in [1.29, 1.82) is 0 Å². The maximum absolute atomic E-state index is 11.5. The van der Waals surface area contributed by atoms with E-state index in [1.807, 2.05) is 0 Å². The Balaban J connectivity index is 2.25. The van der Waals surface area contributed by atoms with Crippen LogP contribution < -0.4 is 5.32 Å². The maximum Gasteiger partial charge on any atom is 0.154 e. The molecule has 0 aromatic carbocycles. The zero-order valence-electron chi connectivity index (χ0n) is 9.12. The summed E-state index contributed by atoms with van der Waals surface area (Å²) in [5.74, 6) is 1.03. The molecule has 1 fully saturated rings. The molecular weight excluding hydrogens is 198 g/mol. The quantitative estimate of drug-likeness (QED) is 0.756. The van der Waals surface area contributed by atoms with Crippen molar-refractivity contribution in [1.82, 2.24) is 5.32 Å². The fourth-order valence-electron chi connectivity index (χ4n) is 1.72. The molecule has 4 heteroatoms. The highest BCUT2D eigenvalue weighted by atomic mass is 32.2. The molecule has 0 bridgehead atoms. The van der Waals surface area contributed by atoms with E-state index >= 15 is 0 Å². The molecule has 3 nitrogen and oxygen atoms in total. The average molecular weight is 219 g/mol. The molecule has 1 aliphatic rings. The lowest BCUT2D eigenvalue weighted by Crippen LogP contribution is -2.32. The highest BCUT2D eigenvalue weighted by Gasteiger charge is 2.30. The van der Waals surface area contributed by atoms with E-state index in [-0.39, 0.29) is 5.25 Å². The molecule has 0 aliphatic carbocycles. The van der Waals surface area contributed by atoms with Crippen LogP contribution in [0.3, 0.4) is 0 Å². The maximum atomic E-state index is 11.5. The Morgan fingerprint density at radius 2 is 2.21 bits per heavy atom. The number of rotatable bonds is 5. The number of hydrogen-bond donors (Lipinski definition) is 1. The predicted octanol–water partition coefficient (Wildman–Crippen LogP) is 1.20. The van der Waals surface area contributed by atoms with Gasteiger partial charge in [0.15, 0.2) is 9.84 Å². The normalized spacial score (nSPS) is 27.7. The first kappa shape index (κ1) is 12.0. The Kier molecular flexibility index (Phi) is 4.38. The second-order valence-electron chi connectivity index (χ2n) is 4.30. The van der Waals surface area contributed by atoms with Crippen LogP contribution in [0.25, 0.3) is 0 Å². The molecule has 0 radical (unpaired) electrons. The molecule has 2 unspecified atom stereocenters. The Labute approximate surface area is 87.2 Å². The minimum Gasteiger partial charge on any atom is -0.315 e. The minimum atomic E-state index is -2.75. The molecule has 1 saturated heterocycles. The molecule has 0 aromatic rings. The molecule has 1 N–H and O–H groups in total. The van der Waals surface area contributed by atoms with E-state index in [2.05, 4.69) is 19.2 Å². The van der Waals surface area contributed by atoms with E-state index in [0.29, 0.717) is 18.2 Å². The van der Waals surface area contributed by atoms with Gasteiger partial charge in [0.25, 0.3) is 0 Å². The molecule has 0 amide bonds. The highest BCUT2D eigenvalue weighted by Crippen LogP contribution is 2.19. The van der Waals surface area contributed by atoms with Crippen LogP contribution in [0.1, 0.15) is 33.1 Å². The van der Waals surface area contributed by atoms with E-state index in [1.54, 1.807) is 0 Å². The third-order valence-corrected chi connectivity index (χ3v) is 5.30. The Morgan fingerprint density at radius 3 is 2.71 bits per heavy atom. The number of hydrogen-bond acceptors (Lipinski definition) is 3. The van der Waals surface area contributed by atoms with Gasteiger partial charge in [-0.2, -0.15) is 0 Å². The van der Waals surface area contributed by atoms with Gasteiger partial charge in [0.1, 0.15) is 0 Å². The molecule has 1 rings (SSSR count). The first-order valence-electron chi connectivity index (χ1n) is 5.48. The van der Waals surface area contributed by atoms with Gasteiger partial charge in [0.05, 0.1) is 11.0 Å². The van der Waals surface area contributed by atoms with Gasteiger partial charge in [-0.15, -0.1) is 0 Å². The van der Waals surface area contributed by atoms with Gasteiger partial charge in [-0.1, -0.05) is 20.3 Å². The van der Waals surface area contributed by atoms with Crippen molar-refractivity contribution in [3.05, 3.63) is 0 Å². The molecule has 0 aromatic heterocycles. The molecule has 84 valence electrons. The van der Waals surface area contributed by atoms with E-state index in [9.17, 15) is 8.42 Å². The van der Waals surface area contributed by atoms with Gasteiger partial charge in [-0.3, -0.25) is 0 Å².